The second-order valence-corrected chi connectivity index (χ2v) is 8.96. The maximum absolute atomic E-state index is 12.8. The van der Waals surface area contributed by atoms with Crippen molar-refractivity contribution in [2.24, 2.45) is 0 Å². The number of aryl methyl sites for hydroxylation is 2. The molecule has 0 spiro atoms. The number of nitrogens with zero attached hydrogens (tertiary/aromatic N) is 4. The Kier molecular flexibility index (Phi) is 6.53. The highest BCUT2D eigenvalue weighted by atomic mass is 35.5. The van der Waals surface area contributed by atoms with Gasteiger partial charge in [-0.3, -0.25) is 4.79 Å². The Balaban J connectivity index is 1.43. The number of amides is 1. The van der Waals surface area contributed by atoms with E-state index in [-0.39, 0.29) is 12.3 Å². The first-order chi connectivity index (χ1) is 15.3. The lowest BCUT2D eigenvalue weighted by Gasteiger charge is -2.34. The zero-order valence-electron chi connectivity index (χ0n) is 19.2. The van der Waals surface area contributed by atoms with Crippen LogP contribution in [0.15, 0.2) is 42.5 Å². The van der Waals surface area contributed by atoms with Gasteiger partial charge in [-0.25, -0.2) is 4.68 Å². The molecule has 1 aliphatic rings. The van der Waals surface area contributed by atoms with Gasteiger partial charge in [0.1, 0.15) is 0 Å². The smallest absolute Gasteiger partial charge is 0.228 e. The second-order valence-electron chi connectivity index (χ2n) is 8.56. The summed E-state index contributed by atoms with van der Waals surface area (Å²) in [7, 11) is 2.15. The van der Waals surface area contributed by atoms with E-state index in [9.17, 15) is 4.79 Å². The Morgan fingerprint density at radius 2 is 1.66 bits per heavy atom. The van der Waals surface area contributed by atoms with Gasteiger partial charge < -0.3 is 15.1 Å². The number of benzene rings is 2. The standard InChI is InChI=1S/C25H30ClN5O/c1-17-5-8-22(15-24(17)26)31-19(3)23(18(2)28-31)16-25(32)27-20-6-9-21(10-7-20)30-13-11-29(4)12-14-30/h5-10,15H,11-14,16H2,1-4H3,(H,27,32). The molecule has 7 heteroatoms. The Hall–Kier alpha value is -2.83. The molecule has 0 saturated carbocycles. The number of carbonyl (C=O) groups is 1. The van der Waals surface area contributed by atoms with Gasteiger partial charge in [0.2, 0.25) is 5.91 Å². The lowest BCUT2D eigenvalue weighted by molar-refractivity contribution is -0.115. The van der Waals surface area contributed by atoms with Crippen molar-refractivity contribution in [2.75, 3.05) is 43.4 Å². The summed E-state index contributed by atoms with van der Waals surface area (Å²) in [6.07, 6.45) is 0.275. The van der Waals surface area contributed by atoms with Gasteiger partial charge in [0.25, 0.3) is 0 Å². The minimum absolute atomic E-state index is 0.0509. The summed E-state index contributed by atoms with van der Waals surface area (Å²) >= 11 is 6.29. The van der Waals surface area contributed by atoms with Crippen LogP contribution in [0.2, 0.25) is 5.02 Å². The number of aromatic nitrogens is 2. The molecule has 1 aliphatic heterocycles. The van der Waals surface area contributed by atoms with Gasteiger partial charge in [0.05, 0.1) is 17.8 Å². The summed E-state index contributed by atoms with van der Waals surface area (Å²) in [5, 5.41) is 8.38. The predicted octanol–water partition coefficient (Wildman–Crippen LogP) is 4.38. The fraction of sp³-hybridized carbons (Fsp3) is 0.360. The average molecular weight is 452 g/mol. The fourth-order valence-electron chi connectivity index (χ4n) is 4.08. The summed E-state index contributed by atoms with van der Waals surface area (Å²) in [6.45, 7) is 10.1. The van der Waals surface area contributed by atoms with Crippen LogP contribution in [0.1, 0.15) is 22.5 Å². The molecule has 0 bridgehead atoms. The van der Waals surface area contributed by atoms with Crippen molar-refractivity contribution in [3.8, 4) is 5.69 Å². The van der Waals surface area contributed by atoms with Gasteiger partial charge in [-0.05, 0) is 69.8 Å². The van der Waals surface area contributed by atoms with Crippen molar-refractivity contribution in [2.45, 2.75) is 27.2 Å². The highest BCUT2D eigenvalue weighted by molar-refractivity contribution is 6.31. The number of rotatable bonds is 5. The van der Waals surface area contributed by atoms with E-state index in [0.29, 0.717) is 5.02 Å². The molecule has 2 aromatic carbocycles. The van der Waals surface area contributed by atoms with Crippen LogP contribution in [0.4, 0.5) is 11.4 Å². The van der Waals surface area contributed by atoms with Crippen LogP contribution in [0.5, 0.6) is 0 Å². The first-order valence-corrected chi connectivity index (χ1v) is 11.3. The van der Waals surface area contributed by atoms with Gasteiger partial charge >= 0.3 is 0 Å². The van der Waals surface area contributed by atoms with Crippen LogP contribution >= 0.6 is 11.6 Å². The molecule has 1 saturated heterocycles. The molecule has 4 rings (SSSR count). The Morgan fingerprint density at radius 1 is 1.00 bits per heavy atom. The van der Waals surface area contributed by atoms with Crippen LogP contribution in [0.25, 0.3) is 5.69 Å². The van der Waals surface area contributed by atoms with Crippen molar-refractivity contribution < 1.29 is 4.79 Å². The van der Waals surface area contributed by atoms with E-state index in [1.54, 1.807) is 0 Å². The summed E-state index contributed by atoms with van der Waals surface area (Å²) in [4.78, 5) is 17.5. The third kappa shape index (κ3) is 4.81. The first kappa shape index (κ1) is 22.4. The third-order valence-corrected chi connectivity index (χ3v) is 6.61. The number of anilines is 2. The van der Waals surface area contributed by atoms with Gasteiger partial charge in [0.15, 0.2) is 0 Å². The number of carbonyl (C=O) groups excluding carboxylic acids is 1. The normalized spacial score (nSPS) is 14.6. The number of hydrogen-bond donors (Lipinski definition) is 1. The van der Waals surface area contributed by atoms with E-state index in [4.69, 9.17) is 11.6 Å². The Morgan fingerprint density at radius 3 is 2.31 bits per heavy atom. The van der Waals surface area contributed by atoms with Crippen LogP contribution in [0.3, 0.4) is 0 Å². The zero-order chi connectivity index (χ0) is 22.8. The van der Waals surface area contributed by atoms with Crippen molar-refractivity contribution in [1.82, 2.24) is 14.7 Å². The number of piperazine rings is 1. The van der Waals surface area contributed by atoms with Crippen LogP contribution < -0.4 is 10.2 Å². The highest BCUT2D eigenvalue weighted by Gasteiger charge is 2.17. The molecule has 3 aromatic rings. The maximum atomic E-state index is 12.8. The molecule has 0 aliphatic carbocycles. The van der Waals surface area contributed by atoms with Gasteiger partial charge in [0, 0.05) is 53.8 Å². The molecule has 6 nitrogen and oxygen atoms in total. The molecule has 32 heavy (non-hydrogen) atoms. The molecule has 1 N–H and O–H groups in total. The molecule has 2 heterocycles. The fourth-order valence-corrected chi connectivity index (χ4v) is 4.26. The van der Waals surface area contributed by atoms with Crippen molar-refractivity contribution in [1.29, 1.82) is 0 Å². The number of hydrogen-bond acceptors (Lipinski definition) is 4. The molecule has 1 fully saturated rings. The van der Waals surface area contributed by atoms with Crippen LogP contribution in [0, 0.1) is 20.8 Å². The summed E-state index contributed by atoms with van der Waals surface area (Å²) < 4.78 is 1.86. The van der Waals surface area contributed by atoms with E-state index < -0.39 is 0 Å². The molecule has 0 atom stereocenters. The van der Waals surface area contributed by atoms with E-state index in [1.165, 1.54) is 5.69 Å². The van der Waals surface area contributed by atoms with Crippen molar-refractivity contribution >= 4 is 28.9 Å². The zero-order valence-corrected chi connectivity index (χ0v) is 19.9. The topological polar surface area (TPSA) is 53.4 Å². The molecule has 168 valence electrons. The molecular formula is C25H30ClN5O. The number of nitrogens with one attached hydrogen (secondary N) is 1. The molecular weight excluding hydrogens is 422 g/mol. The summed E-state index contributed by atoms with van der Waals surface area (Å²) in [5.74, 6) is -0.0509. The molecule has 0 radical (unpaired) electrons. The second kappa shape index (κ2) is 9.35. The van der Waals surface area contributed by atoms with Crippen LogP contribution in [-0.4, -0.2) is 53.8 Å². The van der Waals surface area contributed by atoms with Gasteiger partial charge in [-0.15, -0.1) is 0 Å². The lowest BCUT2D eigenvalue weighted by atomic mass is 10.1. The molecule has 0 unspecified atom stereocenters. The summed E-state index contributed by atoms with van der Waals surface area (Å²) in [6, 6.07) is 14.0. The van der Waals surface area contributed by atoms with Crippen molar-refractivity contribution in [3.63, 3.8) is 0 Å². The number of halogens is 1. The minimum Gasteiger partial charge on any atom is -0.369 e. The minimum atomic E-state index is -0.0509. The van der Waals surface area contributed by atoms with E-state index in [1.807, 2.05) is 55.8 Å². The Bertz CT molecular complexity index is 1110. The monoisotopic (exact) mass is 451 g/mol. The molecule has 1 aromatic heterocycles. The number of likely N-dealkylation sites (N-methyl/N-ethyl adjacent to an activating group) is 1. The Labute approximate surface area is 194 Å². The SMILES string of the molecule is Cc1ccc(-n2nc(C)c(CC(=O)Nc3ccc(N4CCN(C)CC4)cc3)c2C)cc1Cl. The molecule has 1 amide bonds. The summed E-state index contributed by atoms with van der Waals surface area (Å²) in [5.41, 5.74) is 6.65. The van der Waals surface area contributed by atoms with E-state index in [2.05, 4.69) is 39.4 Å². The van der Waals surface area contributed by atoms with Gasteiger partial charge in [-0.2, -0.15) is 5.10 Å². The van der Waals surface area contributed by atoms with Crippen molar-refractivity contribution in [3.05, 3.63) is 70.0 Å². The lowest BCUT2D eigenvalue weighted by Crippen LogP contribution is -2.44. The first-order valence-electron chi connectivity index (χ1n) is 11.0. The third-order valence-electron chi connectivity index (χ3n) is 6.20. The largest absolute Gasteiger partial charge is 0.369 e. The van der Waals surface area contributed by atoms with Gasteiger partial charge in [-0.1, -0.05) is 17.7 Å². The highest BCUT2D eigenvalue weighted by Crippen LogP contribution is 2.24. The van der Waals surface area contributed by atoms with E-state index >= 15 is 0 Å². The predicted molar refractivity (Wildman–Crippen MR) is 131 cm³/mol. The van der Waals surface area contributed by atoms with Crippen LogP contribution in [-0.2, 0) is 11.2 Å². The van der Waals surface area contributed by atoms with E-state index in [0.717, 1.165) is 60.1 Å². The average Bonchev–Trinajstić information content (AvgIpc) is 3.05. The quantitative estimate of drug-likeness (QED) is 0.625. The maximum Gasteiger partial charge on any atom is 0.228 e.